The second-order valence-corrected chi connectivity index (χ2v) is 10.6. The van der Waals surface area contributed by atoms with Crippen LogP contribution in [0.2, 0.25) is 0 Å². The predicted octanol–water partition coefficient (Wildman–Crippen LogP) is 6.49. The Balaban J connectivity index is 1.69. The fourth-order valence-electron chi connectivity index (χ4n) is 5.50. The number of halogens is 2. The molecule has 0 aromatic heterocycles. The first-order valence-electron chi connectivity index (χ1n) is 13.1. The molecular formula is C29H36F2N2O3. The summed E-state index contributed by atoms with van der Waals surface area (Å²) in [6, 6.07) is 9.56. The van der Waals surface area contributed by atoms with E-state index in [9.17, 15) is 18.4 Å². The van der Waals surface area contributed by atoms with E-state index in [-0.39, 0.29) is 17.9 Å². The van der Waals surface area contributed by atoms with Crippen LogP contribution in [0.3, 0.4) is 0 Å². The number of anilines is 2. The molecule has 1 N–H and O–H groups in total. The molecule has 2 saturated carbocycles. The van der Waals surface area contributed by atoms with E-state index in [1.54, 1.807) is 0 Å². The first-order valence-corrected chi connectivity index (χ1v) is 13.1. The third-order valence-corrected chi connectivity index (χ3v) is 7.48. The smallest absolute Gasteiger partial charge is 0.293 e. The molecule has 2 aliphatic carbocycles. The van der Waals surface area contributed by atoms with Crippen LogP contribution in [0.15, 0.2) is 36.4 Å². The number of benzene rings is 2. The van der Waals surface area contributed by atoms with Crippen molar-refractivity contribution in [2.45, 2.75) is 83.3 Å². The summed E-state index contributed by atoms with van der Waals surface area (Å²) in [4.78, 5) is 26.7. The highest BCUT2D eigenvalue weighted by Gasteiger charge is 2.41. The summed E-state index contributed by atoms with van der Waals surface area (Å²) in [5.41, 5.74) is 1.87. The van der Waals surface area contributed by atoms with E-state index in [4.69, 9.17) is 4.74 Å². The minimum absolute atomic E-state index is 0.137. The van der Waals surface area contributed by atoms with Gasteiger partial charge in [-0.25, -0.2) is 8.78 Å². The molecule has 0 saturated heterocycles. The van der Waals surface area contributed by atoms with E-state index in [0.29, 0.717) is 24.1 Å². The van der Waals surface area contributed by atoms with Crippen LogP contribution >= 0.6 is 0 Å². The maximum Gasteiger partial charge on any atom is 0.293 e. The van der Waals surface area contributed by atoms with Gasteiger partial charge in [-0.15, -0.1) is 0 Å². The van der Waals surface area contributed by atoms with Crippen LogP contribution in [0.5, 0.6) is 0 Å². The average Bonchev–Trinajstić information content (AvgIpc) is 2.82. The SMILES string of the molecule is CC(C)CN(c1ccc(C2(OC=O)CCC2)cc1NC(=O)Cc1ccc(F)cc1F)C1CCCCC1. The first-order chi connectivity index (χ1) is 17.3. The molecule has 2 fully saturated rings. The Bertz CT molecular complexity index is 1080. The zero-order chi connectivity index (χ0) is 25.7. The van der Waals surface area contributed by atoms with Crippen molar-refractivity contribution < 1.29 is 23.1 Å². The van der Waals surface area contributed by atoms with Crippen molar-refractivity contribution in [3.8, 4) is 0 Å². The molecule has 5 nitrogen and oxygen atoms in total. The second kappa shape index (κ2) is 11.4. The molecule has 2 aliphatic rings. The Hall–Kier alpha value is -2.96. The number of hydrogen-bond acceptors (Lipinski definition) is 4. The van der Waals surface area contributed by atoms with Crippen LogP contribution < -0.4 is 10.2 Å². The summed E-state index contributed by atoms with van der Waals surface area (Å²) < 4.78 is 33.1. The highest BCUT2D eigenvalue weighted by molar-refractivity contribution is 5.96. The summed E-state index contributed by atoms with van der Waals surface area (Å²) in [6.07, 6.45) is 8.01. The lowest BCUT2D eigenvalue weighted by Crippen LogP contribution is -2.40. The topological polar surface area (TPSA) is 58.6 Å². The largest absolute Gasteiger partial charge is 0.456 e. The van der Waals surface area contributed by atoms with Crippen molar-refractivity contribution in [3.63, 3.8) is 0 Å². The average molecular weight is 499 g/mol. The van der Waals surface area contributed by atoms with Crippen LogP contribution in [0, 0.1) is 17.6 Å². The van der Waals surface area contributed by atoms with Gasteiger partial charge in [-0.1, -0.05) is 45.2 Å². The number of rotatable bonds is 10. The maximum absolute atomic E-state index is 14.2. The molecule has 2 aromatic rings. The number of nitrogens with one attached hydrogen (secondary N) is 1. The molecule has 0 heterocycles. The van der Waals surface area contributed by atoms with Crippen LogP contribution in [0.1, 0.15) is 76.3 Å². The molecule has 4 rings (SSSR count). The molecule has 2 aromatic carbocycles. The van der Waals surface area contributed by atoms with E-state index in [1.165, 1.54) is 25.3 Å². The number of nitrogens with zero attached hydrogens (tertiary/aromatic N) is 1. The Morgan fingerprint density at radius 3 is 2.47 bits per heavy atom. The standard InChI is InChI=1S/C29H36F2N2O3/c1-20(2)18-33(24-7-4-3-5-8-24)27-12-10-22(29(36-19-34)13-6-14-29)16-26(27)32-28(35)15-21-9-11-23(30)17-25(21)31/h9-12,16-17,19-20,24H,3-8,13-15,18H2,1-2H3,(H,32,35). The molecule has 7 heteroatoms. The van der Waals surface area contributed by atoms with Gasteiger partial charge in [0, 0.05) is 18.7 Å². The summed E-state index contributed by atoms with van der Waals surface area (Å²) in [5, 5.41) is 3.01. The third-order valence-electron chi connectivity index (χ3n) is 7.48. The van der Waals surface area contributed by atoms with Gasteiger partial charge in [0.25, 0.3) is 6.47 Å². The van der Waals surface area contributed by atoms with Crippen molar-refractivity contribution in [1.82, 2.24) is 0 Å². The van der Waals surface area contributed by atoms with E-state index in [0.717, 1.165) is 62.0 Å². The van der Waals surface area contributed by atoms with Gasteiger partial charge in [-0.05, 0) is 67.3 Å². The van der Waals surface area contributed by atoms with Crippen LogP contribution in [0.25, 0.3) is 0 Å². The van der Waals surface area contributed by atoms with E-state index >= 15 is 0 Å². The van der Waals surface area contributed by atoms with Gasteiger partial charge in [0.15, 0.2) is 0 Å². The Kier molecular flexibility index (Phi) is 8.27. The summed E-state index contributed by atoms with van der Waals surface area (Å²) >= 11 is 0. The van der Waals surface area contributed by atoms with Crippen LogP contribution in [-0.2, 0) is 26.3 Å². The minimum Gasteiger partial charge on any atom is -0.456 e. The molecule has 1 amide bonds. The number of ether oxygens (including phenoxy) is 1. The van der Waals surface area contributed by atoms with Gasteiger partial charge in [0.1, 0.15) is 17.2 Å². The predicted molar refractivity (Wildman–Crippen MR) is 137 cm³/mol. The van der Waals surface area contributed by atoms with Crippen molar-refractivity contribution in [2.75, 3.05) is 16.8 Å². The molecular weight excluding hydrogens is 462 g/mol. The van der Waals surface area contributed by atoms with Crippen molar-refractivity contribution in [1.29, 1.82) is 0 Å². The molecule has 0 bridgehead atoms. The van der Waals surface area contributed by atoms with Gasteiger partial charge in [0.05, 0.1) is 17.8 Å². The first kappa shape index (κ1) is 26.1. The van der Waals surface area contributed by atoms with Crippen molar-refractivity contribution in [3.05, 3.63) is 59.2 Å². The Labute approximate surface area is 212 Å². The Morgan fingerprint density at radius 2 is 1.86 bits per heavy atom. The van der Waals surface area contributed by atoms with Gasteiger partial charge < -0.3 is 15.0 Å². The third kappa shape index (κ3) is 5.88. The van der Waals surface area contributed by atoms with Gasteiger partial charge >= 0.3 is 0 Å². The second-order valence-electron chi connectivity index (χ2n) is 10.6. The van der Waals surface area contributed by atoms with Gasteiger partial charge in [-0.2, -0.15) is 0 Å². The highest BCUT2D eigenvalue weighted by Crippen LogP contribution is 2.46. The minimum atomic E-state index is -0.740. The fourth-order valence-corrected chi connectivity index (χ4v) is 5.50. The lowest BCUT2D eigenvalue weighted by Gasteiger charge is -2.42. The number of carbonyl (C=O) groups is 2. The fraction of sp³-hybridized carbons (Fsp3) is 0.517. The molecule has 0 radical (unpaired) electrons. The molecule has 0 atom stereocenters. The van der Waals surface area contributed by atoms with Gasteiger partial charge in [0.2, 0.25) is 5.91 Å². The summed E-state index contributed by atoms with van der Waals surface area (Å²) in [7, 11) is 0. The number of amides is 1. The molecule has 0 spiro atoms. The van der Waals surface area contributed by atoms with E-state index in [1.807, 2.05) is 18.2 Å². The monoisotopic (exact) mass is 498 g/mol. The van der Waals surface area contributed by atoms with Gasteiger partial charge in [-0.3, -0.25) is 9.59 Å². The number of carbonyl (C=O) groups excluding carboxylic acids is 2. The normalized spacial score (nSPS) is 17.4. The van der Waals surface area contributed by atoms with E-state index in [2.05, 4.69) is 24.1 Å². The highest BCUT2D eigenvalue weighted by atomic mass is 19.1. The van der Waals surface area contributed by atoms with Crippen LogP contribution in [0.4, 0.5) is 20.2 Å². The lowest BCUT2D eigenvalue weighted by molar-refractivity contribution is -0.155. The molecule has 194 valence electrons. The summed E-state index contributed by atoms with van der Waals surface area (Å²) in [5.74, 6) is -1.38. The molecule has 0 unspecified atom stereocenters. The molecule has 0 aliphatic heterocycles. The maximum atomic E-state index is 14.2. The molecule has 36 heavy (non-hydrogen) atoms. The summed E-state index contributed by atoms with van der Waals surface area (Å²) in [6.45, 7) is 5.70. The quantitative estimate of drug-likeness (QED) is 0.380. The van der Waals surface area contributed by atoms with Crippen molar-refractivity contribution >= 4 is 23.8 Å². The zero-order valence-corrected chi connectivity index (χ0v) is 21.2. The Morgan fingerprint density at radius 1 is 1.11 bits per heavy atom. The van der Waals surface area contributed by atoms with Crippen LogP contribution in [-0.4, -0.2) is 25.0 Å². The van der Waals surface area contributed by atoms with Crippen molar-refractivity contribution in [2.24, 2.45) is 5.92 Å². The number of hydrogen-bond donors (Lipinski definition) is 1. The zero-order valence-electron chi connectivity index (χ0n) is 21.2. The lowest BCUT2D eigenvalue weighted by atomic mass is 9.74. The van der Waals surface area contributed by atoms with E-state index < -0.39 is 17.2 Å².